The molecule has 0 saturated carbocycles. The molecule has 1 aliphatic rings. The lowest BCUT2D eigenvalue weighted by Gasteiger charge is -2.43. The topological polar surface area (TPSA) is 89.8 Å². The number of alkyl halides is 3. The van der Waals surface area contributed by atoms with Gasteiger partial charge in [-0.15, -0.1) is 0 Å². The normalized spacial score (nSPS) is 25.6. The van der Waals surface area contributed by atoms with Crippen molar-refractivity contribution in [3.63, 3.8) is 0 Å². The van der Waals surface area contributed by atoms with Crippen LogP contribution in [0.3, 0.4) is 0 Å². The van der Waals surface area contributed by atoms with Crippen LogP contribution in [0.15, 0.2) is 4.99 Å². The van der Waals surface area contributed by atoms with Crippen LogP contribution >= 0.6 is 12.2 Å². The van der Waals surface area contributed by atoms with Gasteiger partial charge in [0.1, 0.15) is 6.04 Å². The minimum atomic E-state index is -6.09. The average Bonchev–Trinajstić information content (AvgIpc) is 2.38. The molecule has 11 heteroatoms. The second kappa shape index (κ2) is 8.90. The molecular formula is C11H19F3N2O4S2. The van der Waals surface area contributed by atoms with Gasteiger partial charge in [0.05, 0.1) is 38.5 Å². The number of hydrogen-bond acceptors (Lipinski definition) is 6. The second-order valence-corrected chi connectivity index (χ2v) is 6.69. The van der Waals surface area contributed by atoms with Crippen molar-refractivity contribution in [1.29, 1.82) is 0 Å². The number of nitrogens with zero attached hydrogens (tertiary/aromatic N) is 2. The largest absolute Gasteiger partial charge is 0.741 e. The summed E-state index contributed by atoms with van der Waals surface area (Å²) in [5, 5.41) is 11.7. The number of hydrogen-bond donors (Lipinski definition) is 1. The summed E-state index contributed by atoms with van der Waals surface area (Å²) in [7, 11) is -3.88. The summed E-state index contributed by atoms with van der Waals surface area (Å²) in [6.07, 6.45) is 3.64. The molecule has 0 spiro atoms. The van der Waals surface area contributed by atoms with Crippen molar-refractivity contribution in [3.05, 3.63) is 0 Å². The summed E-state index contributed by atoms with van der Waals surface area (Å²) in [4.78, 5) is 3.95. The van der Waals surface area contributed by atoms with Gasteiger partial charge in [-0.25, -0.2) is 13.4 Å². The van der Waals surface area contributed by atoms with Gasteiger partial charge in [-0.2, -0.15) is 13.2 Å². The van der Waals surface area contributed by atoms with Crippen LogP contribution in [0, 0.1) is 0 Å². The molecule has 22 heavy (non-hydrogen) atoms. The zero-order valence-corrected chi connectivity index (χ0v) is 13.7. The third kappa shape index (κ3) is 7.12. The Morgan fingerprint density at radius 1 is 1.45 bits per heavy atom. The Hall–Kier alpha value is -0.580. The van der Waals surface area contributed by atoms with Crippen molar-refractivity contribution in [3.8, 4) is 0 Å². The number of aliphatic hydroxyl groups is 1. The first-order chi connectivity index (χ1) is 9.98. The molecule has 0 amide bonds. The number of halogens is 3. The molecule has 0 bridgehead atoms. The number of quaternary nitrogens is 1. The molecule has 0 aromatic carbocycles. The maximum Gasteiger partial charge on any atom is 0.485 e. The predicted molar refractivity (Wildman–Crippen MR) is 76.3 cm³/mol. The van der Waals surface area contributed by atoms with Crippen molar-refractivity contribution in [2.75, 3.05) is 33.3 Å². The molecule has 2 unspecified atom stereocenters. The third-order valence-electron chi connectivity index (χ3n) is 3.62. The standard InChI is InChI=1S/C10H19N2OS.CHF3O3S/c1-12(7-5-11-9-14)6-3-2-4-10(12)8-13;2-1(3,4)8(5,6)7/h10,13H,2-8H2,1H3;(H,5,6,7)/q+1;/p-1. The van der Waals surface area contributed by atoms with Crippen molar-refractivity contribution >= 4 is 27.5 Å². The molecule has 130 valence electrons. The Bertz CT molecular complexity index is 492. The van der Waals surface area contributed by atoms with Crippen LogP contribution in [0.25, 0.3) is 0 Å². The fourth-order valence-corrected chi connectivity index (χ4v) is 2.35. The van der Waals surface area contributed by atoms with E-state index in [0.717, 1.165) is 30.5 Å². The zero-order chi connectivity index (χ0) is 17.4. The molecule has 1 rings (SSSR count). The van der Waals surface area contributed by atoms with Gasteiger partial charge in [-0.1, -0.05) is 0 Å². The first-order valence-electron chi connectivity index (χ1n) is 6.49. The van der Waals surface area contributed by atoms with E-state index in [1.807, 2.05) is 0 Å². The van der Waals surface area contributed by atoms with Crippen LogP contribution in [0.1, 0.15) is 19.3 Å². The molecule has 1 aliphatic heterocycles. The van der Waals surface area contributed by atoms with Crippen LogP contribution in [-0.2, 0) is 10.1 Å². The summed E-state index contributed by atoms with van der Waals surface area (Å²) in [6.45, 7) is 3.14. The van der Waals surface area contributed by atoms with E-state index in [0.29, 0.717) is 6.04 Å². The summed E-state index contributed by atoms with van der Waals surface area (Å²) in [5.74, 6) is 0. The lowest BCUT2D eigenvalue weighted by Crippen LogP contribution is -2.57. The minimum absolute atomic E-state index is 0.289. The fourth-order valence-electron chi connectivity index (χ4n) is 2.25. The number of likely N-dealkylation sites (tertiary alicyclic amines) is 1. The highest BCUT2D eigenvalue weighted by Crippen LogP contribution is 2.23. The van der Waals surface area contributed by atoms with Crippen LogP contribution in [0.2, 0.25) is 0 Å². The van der Waals surface area contributed by atoms with Crippen molar-refractivity contribution in [2.45, 2.75) is 30.8 Å². The number of isothiocyanates is 1. The van der Waals surface area contributed by atoms with Gasteiger partial charge in [0.2, 0.25) is 0 Å². The molecule has 1 N–H and O–H groups in total. The first kappa shape index (κ1) is 21.4. The molecule has 0 radical (unpaired) electrons. The Morgan fingerprint density at radius 2 is 2.00 bits per heavy atom. The van der Waals surface area contributed by atoms with E-state index >= 15 is 0 Å². The van der Waals surface area contributed by atoms with E-state index in [1.54, 1.807) is 0 Å². The quantitative estimate of drug-likeness (QED) is 0.266. The summed E-state index contributed by atoms with van der Waals surface area (Å²) in [5.41, 5.74) is -5.65. The van der Waals surface area contributed by atoms with Crippen LogP contribution in [0.4, 0.5) is 13.2 Å². The fraction of sp³-hybridized carbons (Fsp3) is 0.909. The van der Waals surface area contributed by atoms with E-state index in [9.17, 15) is 18.3 Å². The monoisotopic (exact) mass is 364 g/mol. The molecule has 0 aromatic heterocycles. The van der Waals surface area contributed by atoms with Crippen LogP contribution in [-0.4, -0.2) is 72.6 Å². The molecule has 1 heterocycles. The van der Waals surface area contributed by atoms with E-state index in [1.165, 1.54) is 12.8 Å². The molecule has 0 aliphatic carbocycles. The average molecular weight is 364 g/mol. The molecule has 6 nitrogen and oxygen atoms in total. The summed E-state index contributed by atoms with van der Waals surface area (Å²) < 4.78 is 59.8. The van der Waals surface area contributed by atoms with Gasteiger partial charge in [0.15, 0.2) is 10.1 Å². The lowest BCUT2D eigenvalue weighted by atomic mass is 10.00. The second-order valence-electron chi connectivity index (χ2n) is 5.13. The van der Waals surface area contributed by atoms with Gasteiger partial charge in [-0.05, 0) is 25.1 Å². The van der Waals surface area contributed by atoms with E-state index in [4.69, 9.17) is 13.0 Å². The lowest BCUT2D eigenvalue weighted by molar-refractivity contribution is -0.937. The van der Waals surface area contributed by atoms with E-state index < -0.39 is 15.6 Å². The Kier molecular flexibility index (Phi) is 8.66. The van der Waals surface area contributed by atoms with Gasteiger partial charge >= 0.3 is 5.51 Å². The summed E-state index contributed by atoms with van der Waals surface area (Å²) >= 11 is 4.54. The molecule has 1 fully saturated rings. The highest BCUT2D eigenvalue weighted by atomic mass is 32.2. The smallest absolute Gasteiger partial charge is 0.485 e. The zero-order valence-electron chi connectivity index (χ0n) is 12.0. The van der Waals surface area contributed by atoms with Gasteiger partial charge in [0, 0.05) is 6.42 Å². The number of piperidine rings is 1. The number of thiocarbonyl (C=S) groups is 1. The number of aliphatic hydroxyl groups excluding tert-OH is 1. The van der Waals surface area contributed by atoms with Crippen molar-refractivity contribution < 1.29 is 35.7 Å². The SMILES string of the molecule is C[N+]1(CCN=C=S)CCCCC1CO.O=S(=O)([O-])C(F)(F)F. The molecule has 2 atom stereocenters. The molecule has 0 aromatic rings. The van der Waals surface area contributed by atoms with Crippen LogP contribution < -0.4 is 0 Å². The first-order valence-corrected chi connectivity index (χ1v) is 8.30. The highest BCUT2D eigenvalue weighted by Gasteiger charge is 2.37. The van der Waals surface area contributed by atoms with E-state index in [2.05, 4.69) is 29.4 Å². The van der Waals surface area contributed by atoms with Crippen molar-refractivity contribution in [2.24, 2.45) is 4.99 Å². The molecule has 1 saturated heterocycles. The number of rotatable bonds is 4. The predicted octanol–water partition coefficient (Wildman–Crippen LogP) is 1.13. The Morgan fingerprint density at radius 3 is 2.41 bits per heavy atom. The number of likely N-dealkylation sites (N-methyl/N-ethyl adjacent to an activating group) is 1. The van der Waals surface area contributed by atoms with Crippen LogP contribution in [0.5, 0.6) is 0 Å². The van der Waals surface area contributed by atoms with Gasteiger partial charge in [0.25, 0.3) is 0 Å². The van der Waals surface area contributed by atoms with E-state index in [-0.39, 0.29) is 6.61 Å². The minimum Gasteiger partial charge on any atom is -0.741 e. The van der Waals surface area contributed by atoms with Gasteiger partial charge in [-0.3, -0.25) is 0 Å². The Labute approximate surface area is 133 Å². The highest BCUT2D eigenvalue weighted by molar-refractivity contribution is 7.86. The Balaban J connectivity index is 0.000000472. The maximum absolute atomic E-state index is 10.7. The number of aliphatic imine (C=N–C) groups is 1. The third-order valence-corrected chi connectivity index (χ3v) is 4.32. The van der Waals surface area contributed by atoms with Crippen molar-refractivity contribution in [1.82, 2.24) is 0 Å². The van der Waals surface area contributed by atoms with Gasteiger partial charge < -0.3 is 14.1 Å². The molecular weight excluding hydrogens is 345 g/mol. The maximum atomic E-state index is 10.7. The summed E-state index contributed by atoms with van der Waals surface area (Å²) in [6, 6.07) is 0.393.